The van der Waals surface area contributed by atoms with Crippen LogP contribution in [0.15, 0.2) is 24.5 Å². The molecule has 1 aliphatic heterocycles. The number of aryl methyl sites for hydroxylation is 1. The van der Waals surface area contributed by atoms with Crippen LogP contribution in [0.5, 0.6) is 0 Å². The summed E-state index contributed by atoms with van der Waals surface area (Å²) in [6.45, 7) is 1.40. The summed E-state index contributed by atoms with van der Waals surface area (Å²) < 4.78 is 12.7. The molecule has 2 heterocycles. The molecular weight excluding hydrogens is 154 g/mol. The first kappa shape index (κ1) is 7.71. The molecule has 3 nitrogen and oxygen atoms in total. The molecule has 0 radical (unpaired) electrons. The van der Waals surface area contributed by atoms with E-state index in [-0.39, 0.29) is 6.29 Å². The van der Waals surface area contributed by atoms with Crippen molar-refractivity contribution in [3.8, 4) is 0 Å². The van der Waals surface area contributed by atoms with Gasteiger partial charge in [-0.15, -0.1) is 0 Å². The van der Waals surface area contributed by atoms with Crippen molar-refractivity contribution < 1.29 is 14.0 Å². The lowest BCUT2D eigenvalue weighted by Gasteiger charge is -2.06. The molecule has 1 aromatic heterocycles. The number of pyridine rings is 1. The molecule has 64 valence electrons. The van der Waals surface area contributed by atoms with Gasteiger partial charge in [0.1, 0.15) is 7.05 Å². The van der Waals surface area contributed by atoms with E-state index in [9.17, 15) is 0 Å². The Balaban J connectivity index is 2.17. The first-order valence-corrected chi connectivity index (χ1v) is 4.05. The SMILES string of the molecule is C[n+]1ccc(C2OCCO2)cc1. The molecule has 1 fully saturated rings. The molecule has 1 aromatic rings. The molecule has 1 saturated heterocycles. The monoisotopic (exact) mass is 166 g/mol. The van der Waals surface area contributed by atoms with Crippen molar-refractivity contribution in [3.05, 3.63) is 30.1 Å². The Labute approximate surface area is 71.5 Å². The molecule has 3 heteroatoms. The quantitative estimate of drug-likeness (QED) is 0.569. The average molecular weight is 166 g/mol. The van der Waals surface area contributed by atoms with Crippen molar-refractivity contribution in [3.63, 3.8) is 0 Å². The minimum absolute atomic E-state index is 0.147. The lowest BCUT2D eigenvalue weighted by Crippen LogP contribution is -2.26. The van der Waals surface area contributed by atoms with Crippen molar-refractivity contribution in [1.29, 1.82) is 0 Å². The molecule has 0 unspecified atom stereocenters. The Morgan fingerprint density at radius 1 is 1.25 bits per heavy atom. The van der Waals surface area contributed by atoms with Gasteiger partial charge in [-0.3, -0.25) is 0 Å². The third-order valence-electron chi connectivity index (χ3n) is 1.90. The molecule has 0 amide bonds. The van der Waals surface area contributed by atoms with Crippen LogP contribution >= 0.6 is 0 Å². The topological polar surface area (TPSA) is 22.3 Å². The fourth-order valence-corrected chi connectivity index (χ4v) is 1.22. The number of nitrogens with zero attached hydrogens (tertiary/aromatic N) is 1. The predicted molar refractivity (Wildman–Crippen MR) is 42.3 cm³/mol. The summed E-state index contributed by atoms with van der Waals surface area (Å²) in [4.78, 5) is 0. The summed E-state index contributed by atoms with van der Waals surface area (Å²) in [5.74, 6) is 0. The molecule has 12 heavy (non-hydrogen) atoms. The van der Waals surface area contributed by atoms with Crippen molar-refractivity contribution in [1.82, 2.24) is 0 Å². The summed E-state index contributed by atoms with van der Waals surface area (Å²) in [5, 5.41) is 0. The summed E-state index contributed by atoms with van der Waals surface area (Å²) in [6, 6.07) is 4.02. The second-order valence-corrected chi connectivity index (χ2v) is 2.87. The van der Waals surface area contributed by atoms with Gasteiger partial charge in [0.2, 0.25) is 0 Å². The van der Waals surface area contributed by atoms with Crippen LogP contribution in [0.1, 0.15) is 11.9 Å². The third kappa shape index (κ3) is 1.47. The van der Waals surface area contributed by atoms with Crippen LogP contribution in [0, 0.1) is 0 Å². The van der Waals surface area contributed by atoms with Crippen LogP contribution in [0.25, 0.3) is 0 Å². The molecule has 0 N–H and O–H groups in total. The van der Waals surface area contributed by atoms with Crippen LogP contribution < -0.4 is 4.57 Å². The van der Waals surface area contributed by atoms with Crippen molar-refractivity contribution in [2.45, 2.75) is 6.29 Å². The van der Waals surface area contributed by atoms with E-state index >= 15 is 0 Å². The van der Waals surface area contributed by atoms with Gasteiger partial charge < -0.3 is 9.47 Å². The smallest absolute Gasteiger partial charge is 0.184 e. The van der Waals surface area contributed by atoms with E-state index in [0.29, 0.717) is 13.2 Å². The molecule has 1 aliphatic rings. The van der Waals surface area contributed by atoms with Gasteiger partial charge in [-0.2, -0.15) is 0 Å². The zero-order valence-corrected chi connectivity index (χ0v) is 7.06. The molecule has 0 atom stereocenters. The fraction of sp³-hybridized carbons (Fsp3) is 0.444. The van der Waals surface area contributed by atoms with Gasteiger partial charge >= 0.3 is 0 Å². The molecule has 0 aliphatic carbocycles. The van der Waals surface area contributed by atoms with Gasteiger partial charge in [-0.05, 0) is 0 Å². The Hall–Kier alpha value is -0.930. The van der Waals surface area contributed by atoms with Gasteiger partial charge in [0.15, 0.2) is 18.7 Å². The Morgan fingerprint density at radius 2 is 1.83 bits per heavy atom. The van der Waals surface area contributed by atoms with Gasteiger partial charge in [0.05, 0.1) is 13.2 Å². The van der Waals surface area contributed by atoms with E-state index in [1.165, 1.54) is 0 Å². The number of hydrogen-bond donors (Lipinski definition) is 0. The minimum Gasteiger partial charge on any atom is -0.346 e. The summed E-state index contributed by atoms with van der Waals surface area (Å²) in [5.41, 5.74) is 1.09. The van der Waals surface area contributed by atoms with Gasteiger partial charge in [0.25, 0.3) is 0 Å². The van der Waals surface area contributed by atoms with Gasteiger partial charge in [-0.1, -0.05) is 0 Å². The molecule has 0 aromatic carbocycles. The second kappa shape index (κ2) is 3.21. The van der Waals surface area contributed by atoms with E-state index in [0.717, 1.165) is 5.56 Å². The van der Waals surface area contributed by atoms with E-state index in [2.05, 4.69) is 0 Å². The maximum atomic E-state index is 5.35. The molecule has 2 rings (SSSR count). The standard InChI is InChI=1S/C9H12NO2/c1-10-4-2-8(3-5-10)9-11-6-7-12-9/h2-5,9H,6-7H2,1H3/q+1. The van der Waals surface area contributed by atoms with E-state index in [1.807, 2.05) is 36.1 Å². The number of rotatable bonds is 1. The van der Waals surface area contributed by atoms with Gasteiger partial charge in [0, 0.05) is 17.7 Å². The summed E-state index contributed by atoms with van der Waals surface area (Å²) in [7, 11) is 1.99. The third-order valence-corrected chi connectivity index (χ3v) is 1.90. The van der Waals surface area contributed by atoms with Gasteiger partial charge in [-0.25, -0.2) is 4.57 Å². The normalized spacial score (nSPS) is 18.4. The summed E-state index contributed by atoms with van der Waals surface area (Å²) in [6.07, 6.45) is 3.83. The number of aromatic nitrogens is 1. The summed E-state index contributed by atoms with van der Waals surface area (Å²) >= 11 is 0. The van der Waals surface area contributed by atoms with E-state index in [1.54, 1.807) is 0 Å². The minimum atomic E-state index is -0.147. The molecule has 0 saturated carbocycles. The van der Waals surface area contributed by atoms with Crippen molar-refractivity contribution in [2.24, 2.45) is 7.05 Å². The van der Waals surface area contributed by atoms with Crippen LogP contribution in [0.3, 0.4) is 0 Å². The fourth-order valence-electron chi connectivity index (χ4n) is 1.22. The lowest BCUT2D eigenvalue weighted by molar-refractivity contribution is -0.671. The number of hydrogen-bond acceptors (Lipinski definition) is 2. The lowest BCUT2D eigenvalue weighted by atomic mass is 10.2. The Bertz CT molecular complexity index is 252. The van der Waals surface area contributed by atoms with Crippen LogP contribution in [-0.2, 0) is 16.5 Å². The number of ether oxygens (including phenoxy) is 2. The van der Waals surface area contributed by atoms with Crippen molar-refractivity contribution >= 4 is 0 Å². The highest BCUT2D eigenvalue weighted by atomic mass is 16.7. The van der Waals surface area contributed by atoms with Crippen LogP contribution in [0.2, 0.25) is 0 Å². The molecule has 0 spiro atoms. The van der Waals surface area contributed by atoms with Crippen molar-refractivity contribution in [2.75, 3.05) is 13.2 Å². The zero-order chi connectivity index (χ0) is 8.39. The van der Waals surface area contributed by atoms with E-state index < -0.39 is 0 Å². The molecule has 0 bridgehead atoms. The van der Waals surface area contributed by atoms with E-state index in [4.69, 9.17) is 9.47 Å². The highest BCUT2D eigenvalue weighted by Gasteiger charge is 2.18. The zero-order valence-electron chi connectivity index (χ0n) is 7.06. The Kier molecular flexibility index (Phi) is 2.06. The van der Waals surface area contributed by atoms with Crippen LogP contribution in [-0.4, -0.2) is 13.2 Å². The first-order chi connectivity index (χ1) is 5.86. The Morgan fingerprint density at radius 3 is 2.42 bits per heavy atom. The highest BCUT2D eigenvalue weighted by Crippen LogP contribution is 2.21. The second-order valence-electron chi connectivity index (χ2n) is 2.87. The largest absolute Gasteiger partial charge is 0.346 e. The molecular formula is C9H12NO2+. The average Bonchev–Trinajstić information content (AvgIpc) is 2.58. The predicted octanol–water partition coefficient (Wildman–Crippen LogP) is 0.556. The van der Waals surface area contributed by atoms with Crippen LogP contribution in [0.4, 0.5) is 0 Å². The maximum Gasteiger partial charge on any atom is 0.184 e. The highest BCUT2D eigenvalue weighted by molar-refractivity contribution is 5.09. The maximum absolute atomic E-state index is 5.35. The first-order valence-electron chi connectivity index (χ1n) is 4.05.